The first kappa shape index (κ1) is 18.4. The molecule has 0 aliphatic rings. The summed E-state index contributed by atoms with van der Waals surface area (Å²) in [5.74, 6) is 0.292. The molecule has 6 nitrogen and oxygen atoms in total. The van der Waals surface area contributed by atoms with E-state index in [1.54, 1.807) is 0 Å². The fourth-order valence-corrected chi connectivity index (χ4v) is 2.64. The molecule has 0 fully saturated rings. The number of carbonyl (C=O) groups is 1. The van der Waals surface area contributed by atoms with Gasteiger partial charge in [-0.05, 0) is 67.6 Å². The van der Waals surface area contributed by atoms with E-state index in [0.717, 1.165) is 35.2 Å². The second-order valence-electron chi connectivity index (χ2n) is 5.82. The largest absolute Gasteiger partial charge is 0.354 e. The zero-order valence-electron chi connectivity index (χ0n) is 14.1. The lowest BCUT2D eigenvalue weighted by atomic mass is 10.2. The smallest absolute Gasteiger partial charge is 0.258 e. The van der Waals surface area contributed by atoms with Gasteiger partial charge in [-0.2, -0.15) is 0 Å². The highest BCUT2D eigenvalue weighted by molar-refractivity contribution is 9.10. The Balaban J connectivity index is 1.91. The van der Waals surface area contributed by atoms with Crippen LogP contribution in [0.4, 0.5) is 11.6 Å². The number of benzene rings is 1. The van der Waals surface area contributed by atoms with Gasteiger partial charge in [0.05, 0.1) is 11.3 Å². The summed E-state index contributed by atoms with van der Waals surface area (Å²) in [4.78, 5) is 22.8. The standard InChI is InChI=1S/C17H22BrN5O/c1-12-5-6-15(14(18)9-12)22-16(24)13-10-20-17(21-11-13)19-7-4-8-23(2)3/h5-6,9-11H,4,7-8H2,1-3H3,(H,22,24)(H,19,20,21). The molecule has 1 aromatic heterocycles. The third-order valence-electron chi connectivity index (χ3n) is 3.35. The Morgan fingerprint density at radius 1 is 1.25 bits per heavy atom. The number of carbonyl (C=O) groups excluding carboxylic acids is 1. The first-order chi connectivity index (χ1) is 11.5. The summed E-state index contributed by atoms with van der Waals surface area (Å²) in [5, 5.41) is 5.99. The Hall–Kier alpha value is -1.99. The Morgan fingerprint density at radius 2 is 1.96 bits per heavy atom. The summed E-state index contributed by atoms with van der Waals surface area (Å²) in [6, 6.07) is 5.75. The molecule has 1 heterocycles. The van der Waals surface area contributed by atoms with Crippen molar-refractivity contribution >= 4 is 33.5 Å². The summed E-state index contributed by atoms with van der Waals surface area (Å²) >= 11 is 3.45. The van der Waals surface area contributed by atoms with E-state index < -0.39 is 0 Å². The van der Waals surface area contributed by atoms with Crippen molar-refractivity contribution in [2.75, 3.05) is 37.8 Å². The third kappa shape index (κ3) is 5.58. The van der Waals surface area contributed by atoms with E-state index in [1.165, 1.54) is 12.4 Å². The molecule has 24 heavy (non-hydrogen) atoms. The summed E-state index contributed by atoms with van der Waals surface area (Å²) in [6.07, 6.45) is 4.05. The van der Waals surface area contributed by atoms with Crippen LogP contribution in [0.1, 0.15) is 22.3 Å². The molecule has 0 radical (unpaired) electrons. The third-order valence-corrected chi connectivity index (χ3v) is 4.01. The molecule has 2 N–H and O–H groups in total. The number of nitrogens with zero attached hydrogens (tertiary/aromatic N) is 3. The zero-order chi connectivity index (χ0) is 17.5. The minimum atomic E-state index is -0.237. The fraction of sp³-hybridized carbons (Fsp3) is 0.353. The van der Waals surface area contributed by atoms with Crippen LogP contribution in [0.2, 0.25) is 0 Å². The highest BCUT2D eigenvalue weighted by Gasteiger charge is 2.09. The lowest BCUT2D eigenvalue weighted by Crippen LogP contribution is -2.17. The summed E-state index contributed by atoms with van der Waals surface area (Å²) in [6.45, 7) is 3.79. The lowest BCUT2D eigenvalue weighted by Gasteiger charge is -2.10. The highest BCUT2D eigenvalue weighted by Crippen LogP contribution is 2.23. The molecule has 1 aromatic carbocycles. The number of hydrogen-bond donors (Lipinski definition) is 2. The number of anilines is 2. The van der Waals surface area contributed by atoms with Crippen LogP contribution in [0, 0.1) is 6.92 Å². The second-order valence-corrected chi connectivity index (χ2v) is 6.67. The number of aromatic nitrogens is 2. The molecule has 2 rings (SSSR count). The predicted molar refractivity (Wildman–Crippen MR) is 101 cm³/mol. The van der Waals surface area contributed by atoms with Gasteiger partial charge in [0, 0.05) is 23.4 Å². The van der Waals surface area contributed by atoms with Crippen molar-refractivity contribution < 1.29 is 4.79 Å². The van der Waals surface area contributed by atoms with Gasteiger partial charge >= 0.3 is 0 Å². The van der Waals surface area contributed by atoms with Crippen LogP contribution in [-0.4, -0.2) is 48.0 Å². The number of aryl methyl sites for hydroxylation is 1. The van der Waals surface area contributed by atoms with Gasteiger partial charge in [0.2, 0.25) is 5.95 Å². The van der Waals surface area contributed by atoms with Crippen molar-refractivity contribution in [2.45, 2.75) is 13.3 Å². The molecule has 0 unspecified atom stereocenters. The number of hydrogen-bond acceptors (Lipinski definition) is 5. The monoisotopic (exact) mass is 391 g/mol. The van der Waals surface area contributed by atoms with Crippen molar-refractivity contribution in [1.82, 2.24) is 14.9 Å². The molecule has 1 amide bonds. The van der Waals surface area contributed by atoms with Crippen molar-refractivity contribution in [3.63, 3.8) is 0 Å². The van der Waals surface area contributed by atoms with E-state index in [0.29, 0.717) is 11.5 Å². The first-order valence-electron chi connectivity index (χ1n) is 7.74. The van der Waals surface area contributed by atoms with Gasteiger partial charge in [0.1, 0.15) is 0 Å². The van der Waals surface area contributed by atoms with E-state index in [-0.39, 0.29) is 5.91 Å². The maximum Gasteiger partial charge on any atom is 0.258 e. The fourth-order valence-electron chi connectivity index (χ4n) is 2.05. The minimum absolute atomic E-state index is 0.237. The number of halogens is 1. The van der Waals surface area contributed by atoms with Crippen LogP contribution in [0.15, 0.2) is 35.1 Å². The Morgan fingerprint density at radius 3 is 2.58 bits per heavy atom. The van der Waals surface area contributed by atoms with Gasteiger partial charge in [-0.25, -0.2) is 9.97 Å². The van der Waals surface area contributed by atoms with E-state index in [9.17, 15) is 4.79 Å². The molecule has 0 saturated heterocycles. The number of rotatable bonds is 7. The predicted octanol–water partition coefficient (Wildman–Crippen LogP) is 3.16. The minimum Gasteiger partial charge on any atom is -0.354 e. The van der Waals surface area contributed by atoms with Gasteiger partial charge in [-0.3, -0.25) is 4.79 Å². The molecule has 0 atom stereocenters. The SMILES string of the molecule is Cc1ccc(NC(=O)c2cnc(NCCCN(C)C)nc2)c(Br)c1. The molecule has 0 spiro atoms. The average molecular weight is 392 g/mol. The summed E-state index contributed by atoms with van der Waals surface area (Å²) < 4.78 is 0.843. The Kier molecular flexibility index (Phi) is 6.69. The van der Waals surface area contributed by atoms with E-state index in [1.807, 2.05) is 39.2 Å². The molecule has 0 bridgehead atoms. The van der Waals surface area contributed by atoms with Crippen LogP contribution in [0.25, 0.3) is 0 Å². The van der Waals surface area contributed by atoms with Gasteiger partial charge in [0.25, 0.3) is 5.91 Å². The summed E-state index contributed by atoms with van der Waals surface area (Å²) in [7, 11) is 4.08. The second kappa shape index (κ2) is 8.75. The molecule has 128 valence electrons. The van der Waals surface area contributed by atoms with Crippen LogP contribution in [0.5, 0.6) is 0 Å². The molecular formula is C17H22BrN5O. The maximum absolute atomic E-state index is 12.3. The Labute approximate surface area is 150 Å². The van der Waals surface area contributed by atoms with Crippen molar-refractivity contribution in [3.05, 3.63) is 46.2 Å². The molecule has 2 aromatic rings. The molecule has 7 heteroatoms. The van der Waals surface area contributed by atoms with Crippen LogP contribution >= 0.6 is 15.9 Å². The molecule has 0 aliphatic heterocycles. The Bertz CT molecular complexity index is 688. The average Bonchev–Trinajstić information content (AvgIpc) is 2.54. The van der Waals surface area contributed by atoms with Crippen LogP contribution in [0.3, 0.4) is 0 Å². The molecule has 0 aliphatic carbocycles. The van der Waals surface area contributed by atoms with Gasteiger partial charge in [0.15, 0.2) is 0 Å². The highest BCUT2D eigenvalue weighted by atomic mass is 79.9. The quantitative estimate of drug-likeness (QED) is 0.709. The maximum atomic E-state index is 12.3. The van der Waals surface area contributed by atoms with Gasteiger partial charge in [-0.1, -0.05) is 6.07 Å². The molecule has 0 saturated carbocycles. The number of nitrogens with one attached hydrogen (secondary N) is 2. The summed E-state index contributed by atoms with van der Waals surface area (Å²) in [5.41, 5.74) is 2.26. The first-order valence-corrected chi connectivity index (χ1v) is 8.53. The van der Waals surface area contributed by atoms with Crippen LogP contribution in [-0.2, 0) is 0 Å². The van der Waals surface area contributed by atoms with Crippen molar-refractivity contribution in [3.8, 4) is 0 Å². The topological polar surface area (TPSA) is 70.2 Å². The van der Waals surface area contributed by atoms with Gasteiger partial charge in [-0.15, -0.1) is 0 Å². The van der Waals surface area contributed by atoms with E-state index in [4.69, 9.17) is 0 Å². The van der Waals surface area contributed by atoms with Crippen molar-refractivity contribution in [1.29, 1.82) is 0 Å². The molecular weight excluding hydrogens is 370 g/mol. The lowest BCUT2D eigenvalue weighted by molar-refractivity contribution is 0.102. The van der Waals surface area contributed by atoms with E-state index in [2.05, 4.69) is 41.4 Å². The normalized spacial score (nSPS) is 10.7. The number of amides is 1. The van der Waals surface area contributed by atoms with Gasteiger partial charge < -0.3 is 15.5 Å². The van der Waals surface area contributed by atoms with Crippen LogP contribution < -0.4 is 10.6 Å². The zero-order valence-corrected chi connectivity index (χ0v) is 15.7. The van der Waals surface area contributed by atoms with E-state index >= 15 is 0 Å². The van der Waals surface area contributed by atoms with Crippen molar-refractivity contribution in [2.24, 2.45) is 0 Å².